The first-order valence-corrected chi connectivity index (χ1v) is 6.68. The van der Waals surface area contributed by atoms with Gasteiger partial charge in [0.05, 0.1) is 12.3 Å². The highest BCUT2D eigenvalue weighted by Gasteiger charge is 2.26. The molecule has 2 aromatic rings. The van der Waals surface area contributed by atoms with Gasteiger partial charge in [-0.1, -0.05) is 5.16 Å². The smallest absolute Gasteiger partial charge is 0.344 e. The fraction of sp³-hybridized carbons (Fsp3) is 0.500. The summed E-state index contributed by atoms with van der Waals surface area (Å²) in [7, 11) is 0. The molecule has 0 N–H and O–H groups in total. The van der Waals surface area contributed by atoms with Crippen molar-refractivity contribution in [2.24, 2.45) is 0 Å². The third kappa shape index (κ3) is 2.21. The summed E-state index contributed by atoms with van der Waals surface area (Å²) < 4.78 is 12.1. The number of esters is 1. The number of ether oxygens (including phenoxy) is 1. The minimum absolute atomic E-state index is 0.315. The second-order valence-corrected chi connectivity index (χ2v) is 4.54. The number of hydrogen-bond donors (Lipinski definition) is 0. The summed E-state index contributed by atoms with van der Waals surface area (Å²) in [5.74, 6) is 0.0470. The summed E-state index contributed by atoms with van der Waals surface area (Å²) in [6, 6.07) is 0. The maximum absolute atomic E-state index is 12.1. The molecule has 0 aliphatic heterocycles. The van der Waals surface area contributed by atoms with Crippen molar-refractivity contribution in [3.63, 3.8) is 0 Å². The summed E-state index contributed by atoms with van der Waals surface area (Å²) in [5, 5.41) is 8.47. The Labute approximate surface area is 117 Å². The fourth-order valence-electron chi connectivity index (χ4n) is 2.33. The molecule has 0 saturated carbocycles. The topological polar surface area (TPSA) is 70.2 Å². The predicted molar refractivity (Wildman–Crippen MR) is 73.6 cm³/mol. The molecular weight excluding hydrogens is 258 g/mol. The summed E-state index contributed by atoms with van der Waals surface area (Å²) in [4.78, 5) is 12.1. The van der Waals surface area contributed by atoms with Crippen LogP contribution in [0.4, 0.5) is 0 Å². The van der Waals surface area contributed by atoms with Gasteiger partial charge in [0.25, 0.3) is 0 Å². The molecule has 2 rings (SSSR count). The lowest BCUT2D eigenvalue weighted by atomic mass is 10.0. The predicted octanol–water partition coefficient (Wildman–Crippen LogP) is 2.66. The van der Waals surface area contributed by atoms with E-state index in [-0.39, 0.29) is 0 Å². The second kappa shape index (κ2) is 5.48. The average molecular weight is 277 g/mol. The first kappa shape index (κ1) is 14.3. The lowest BCUT2D eigenvalue weighted by Crippen LogP contribution is -2.07. The van der Waals surface area contributed by atoms with Crippen LogP contribution in [0.2, 0.25) is 0 Å². The van der Waals surface area contributed by atoms with E-state index in [0.29, 0.717) is 23.6 Å². The van der Waals surface area contributed by atoms with E-state index in [1.807, 2.05) is 25.5 Å². The van der Waals surface area contributed by atoms with Crippen molar-refractivity contribution in [1.82, 2.24) is 14.9 Å². The Balaban J connectivity index is 2.60. The van der Waals surface area contributed by atoms with Crippen LogP contribution in [0.1, 0.15) is 41.4 Å². The van der Waals surface area contributed by atoms with E-state index in [9.17, 15) is 4.79 Å². The van der Waals surface area contributed by atoms with Crippen molar-refractivity contribution in [2.45, 2.75) is 41.2 Å². The van der Waals surface area contributed by atoms with Gasteiger partial charge in [-0.3, -0.25) is 4.68 Å². The van der Waals surface area contributed by atoms with Gasteiger partial charge in [0, 0.05) is 17.8 Å². The van der Waals surface area contributed by atoms with Crippen molar-refractivity contribution < 1.29 is 14.1 Å². The molecule has 0 saturated heterocycles. The van der Waals surface area contributed by atoms with Gasteiger partial charge in [-0.25, -0.2) is 4.79 Å². The van der Waals surface area contributed by atoms with Gasteiger partial charge in [-0.2, -0.15) is 5.10 Å². The molecule has 0 atom stereocenters. The summed E-state index contributed by atoms with van der Waals surface area (Å²) in [6.45, 7) is 10.4. The van der Waals surface area contributed by atoms with E-state index in [4.69, 9.17) is 9.26 Å². The van der Waals surface area contributed by atoms with Crippen LogP contribution in [-0.2, 0) is 11.3 Å². The molecule has 2 heterocycles. The highest BCUT2D eigenvalue weighted by Crippen LogP contribution is 2.31. The Morgan fingerprint density at radius 1 is 1.30 bits per heavy atom. The molecule has 2 aromatic heterocycles. The molecule has 0 amide bonds. The number of nitrogens with zero attached hydrogens (tertiary/aromatic N) is 3. The standard InChI is InChI=1S/C14H19N3O3/c1-6-17-9(4)11(8(3)15-17)13-12(10(5)20-16-13)14(18)19-7-2/h6-7H2,1-5H3. The minimum Gasteiger partial charge on any atom is -0.462 e. The van der Waals surface area contributed by atoms with Crippen LogP contribution < -0.4 is 0 Å². The normalized spacial score (nSPS) is 10.8. The van der Waals surface area contributed by atoms with Crippen molar-refractivity contribution in [2.75, 3.05) is 6.61 Å². The van der Waals surface area contributed by atoms with E-state index in [2.05, 4.69) is 10.3 Å². The number of aryl methyl sites for hydroxylation is 3. The van der Waals surface area contributed by atoms with Gasteiger partial charge in [-0.15, -0.1) is 0 Å². The van der Waals surface area contributed by atoms with Crippen LogP contribution in [0.5, 0.6) is 0 Å². The van der Waals surface area contributed by atoms with Crippen LogP contribution in [0, 0.1) is 20.8 Å². The number of carbonyl (C=O) groups excluding carboxylic acids is 1. The lowest BCUT2D eigenvalue weighted by molar-refractivity contribution is 0.0525. The van der Waals surface area contributed by atoms with Gasteiger partial charge in [0.15, 0.2) is 0 Å². The van der Waals surface area contributed by atoms with Gasteiger partial charge in [-0.05, 0) is 34.6 Å². The quantitative estimate of drug-likeness (QED) is 0.803. The highest BCUT2D eigenvalue weighted by atomic mass is 16.5. The molecule has 0 aliphatic rings. The van der Waals surface area contributed by atoms with E-state index >= 15 is 0 Å². The first-order chi connectivity index (χ1) is 9.51. The average Bonchev–Trinajstić information content (AvgIpc) is 2.90. The number of rotatable bonds is 4. The van der Waals surface area contributed by atoms with Gasteiger partial charge < -0.3 is 9.26 Å². The fourth-order valence-corrected chi connectivity index (χ4v) is 2.33. The van der Waals surface area contributed by atoms with Crippen LogP contribution in [-0.4, -0.2) is 27.5 Å². The number of hydrogen-bond acceptors (Lipinski definition) is 5. The van der Waals surface area contributed by atoms with Crippen molar-refractivity contribution in [3.05, 3.63) is 22.7 Å². The Morgan fingerprint density at radius 2 is 2.00 bits per heavy atom. The molecule has 20 heavy (non-hydrogen) atoms. The second-order valence-electron chi connectivity index (χ2n) is 4.54. The Kier molecular flexibility index (Phi) is 3.92. The van der Waals surface area contributed by atoms with Crippen LogP contribution in [0.3, 0.4) is 0 Å². The largest absolute Gasteiger partial charge is 0.462 e. The molecule has 0 spiro atoms. The van der Waals surface area contributed by atoms with E-state index in [1.54, 1.807) is 13.8 Å². The van der Waals surface area contributed by atoms with Crippen molar-refractivity contribution in [1.29, 1.82) is 0 Å². The minimum atomic E-state index is -0.413. The molecule has 0 aliphatic carbocycles. The third-order valence-corrected chi connectivity index (χ3v) is 3.26. The Bertz CT molecular complexity index is 640. The maximum Gasteiger partial charge on any atom is 0.344 e. The maximum atomic E-state index is 12.1. The molecule has 0 radical (unpaired) electrons. The molecule has 6 heteroatoms. The number of carbonyl (C=O) groups is 1. The van der Waals surface area contributed by atoms with E-state index < -0.39 is 5.97 Å². The third-order valence-electron chi connectivity index (χ3n) is 3.26. The zero-order valence-corrected chi connectivity index (χ0v) is 12.5. The lowest BCUT2D eigenvalue weighted by Gasteiger charge is -2.03. The van der Waals surface area contributed by atoms with Gasteiger partial charge in [0.2, 0.25) is 0 Å². The van der Waals surface area contributed by atoms with Crippen LogP contribution >= 0.6 is 0 Å². The van der Waals surface area contributed by atoms with Gasteiger partial charge in [0.1, 0.15) is 17.0 Å². The molecule has 0 fully saturated rings. The summed E-state index contributed by atoms with van der Waals surface area (Å²) >= 11 is 0. The number of aromatic nitrogens is 3. The van der Waals surface area contributed by atoms with E-state index in [1.165, 1.54) is 0 Å². The van der Waals surface area contributed by atoms with Crippen molar-refractivity contribution >= 4 is 5.97 Å². The van der Waals surface area contributed by atoms with E-state index in [0.717, 1.165) is 23.5 Å². The monoisotopic (exact) mass is 277 g/mol. The first-order valence-electron chi connectivity index (χ1n) is 6.68. The van der Waals surface area contributed by atoms with Crippen molar-refractivity contribution in [3.8, 4) is 11.3 Å². The zero-order chi connectivity index (χ0) is 14.9. The summed E-state index contributed by atoms with van der Waals surface area (Å²) in [5.41, 5.74) is 3.52. The molecule has 0 aromatic carbocycles. The highest BCUT2D eigenvalue weighted by molar-refractivity contribution is 5.97. The van der Waals surface area contributed by atoms with Gasteiger partial charge >= 0.3 is 5.97 Å². The zero-order valence-electron chi connectivity index (χ0n) is 12.5. The Morgan fingerprint density at radius 3 is 2.55 bits per heavy atom. The van der Waals surface area contributed by atoms with Crippen LogP contribution in [0.25, 0.3) is 11.3 Å². The molecular formula is C14H19N3O3. The summed E-state index contributed by atoms with van der Waals surface area (Å²) in [6.07, 6.45) is 0. The Hall–Kier alpha value is -2.11. The molecule has 6 nitrogen and oxygen atoms in total. The SMILES string of the molecule is CCOC(=O)c1c(-c2c(C)nn(CC)c2C)noc1C. The molecule has 0 unspecified atom stereocenters. The molecule has 0 bridgehead atoms. The van der Waals surface area contributed by atoms with Crippen LogP contribution in [0.15, 0.2) is 4.52 Å². The molecule has 108 valence electrons.